The Kier molecular flexibility index (Phi) is 9.10. The largest absolute Gasteiger partial charge is 0.412 e. The number of aromatic nitrogens is 5. The average molecular weight is 472 g/mol. The monoisotopic (exact) mass is 471 g/mol. The van der Waals surface area contributed by atoms with Crippen LogP contribution in [0.4, 0.5) is 17.5 Å². The van der Waals surface area contributed by atoms with Crippen molar-refractivity contribution >= 4 is 41.0 Å². The maximum Gasteiger partial charge on any atom is 0.227 e. The van der Waals surface area contributed by atoms with Crippen molar-refractivity contribution < 1.29 is 10.6 Å². The molecule has 176 valence electrons. The molecular formula is C23H30ClN7O2. The maximum atomic E-state index is 9.59. The van der Waals surface area contributed by atoms with Gasteiger partial charge in [-0.05, 0) is 44.5 Å². The van der Waals surface area contributed by atoms with Gasteiger partial charge in [0.25, 0.3) is 0 Å². The van der Waals surface area contributed by atoms with Crippen LogP contribution in [-0.2, 0) is 0 Å². The molecule has 0 radical (unpaired) electrons. The number of rotatable bonds is 8. The summed E-state index contributed by atoms with van der Waals surface area (Å²) in [5.41, 5.74) is 4.22. The van der Waals surface area contributed by atoms with Crippen molar-refractivity contribution in [2.24, 2.45) is 0 Å². The Hall–Kier alpha value is -3.27. The van der Waals surface area contributed by atoms with Crippen molar-refractivity contribution in [2.45, 2.75) is 39.3 Å². The Morgan fingerprint density at radius 2 is 1.88 bits per heavy atom. The van der Waals surface area contributed by atoms with Gasteiger partial charge in [-0.1, -0.05) is 25.1 Å². The zero-order chi connectivity index (χ0) is 21.8. The minimum atomic E-state index is -0.117. The smallest absolute Gasteiger partial charge is 0.227 e. The zero-order valence-corrected chi connectivity index (χ0v) is 19.7. The minimum Gasteiger partial charge on any atom is -0.412 e. The van der Waals surface area contributed by atoms with E-state index < -0.39 is 0 Å². The van der Waals surface area contributed by atoms with E-state index in [2.05, 4.69) is 44.4 Å². The number of nitrogens with zero attached hydrogens (tertiary/aromatic N) is 5. The van der Waals surface area contributed by atoms with Gasteiger partial charge >= 0.3 is 0 Å². The van der Waals surface area contributed by atoms with Gasteiger partial charge in [0.05, 0.1) is 24.7 Å². The molecular weight excluding hydrogens is 442 g/mol. The summed E-state index contributed by atoms with van der Waals surface area (Å²) in [5.74, 6) is 1.07. The van der Waals surface area contributed by atoms with E-state index in [1.807, 2.05) is 54.0 Å². The fraction of sp³-hybridized carbons (Fsp3) is 0.304. The van der Waals surface area contributed by atoms with Gasteiger partial charge < -0.3 is 25.8 Å². The number of imidazole rings is 1. The lowest BCUT2D eigenvalue weighted by atomic mass is 10.1. The first-order valence-corrected chi connectivity index (χ1v) is 10.5. The molecule has 0 fully saturated rings. The van der Waals surface area contributed by atoms with Gasteiger partial charge in [0.2, 0.25) is 5.95 Å². The molecule has 0 aliphatic rings. The summed E-state index contributed by atoms with van der Waals surface area (Å²) in [7, 11) is 0. The van der Waals surface area contributed by atoms with E-state index in [9.17, 15) is 5.11 Å². The molecule has 1 aromatic carbocycles. The van der Waals surface area contributed by atoms with Gasteiger partial charge in [0.1, 0.15) is 0 Å². The van der Waals surface area contributed by atoms with Crippen molar-refractivity contribution in [3.8, 4) is 11.3 Å². The molecule has 0 amide bonds. The van der Waals surface area contributed by atoms with Crippen LogP contribution >= 0.6 is 12.4 Å². The predicted molar refractivity (Wildman–Crippen MR) is 134 cm³/mol. The van der Waals surface area contributed by atoms with Crippen LogP contribution in [0.2, 0.25) is 0 Å². The van der Waals surface area contributed by atoms with E-state index in [-0.39, 0.29) is 36.6 Å². The van der Waals surface area contributed by atoms with Crippen LogP contribution in [0, 0.1) is 0 Å². The quantitative estimate of drug-likeness (QED) is 0.353. The number of hydrogen-bond donors (Lipinski definition) is 3. The molecule has 4 aromatic rings. The molecule has 0 bridgehead atoms. The standard InChI is InChI=1S/C23H27N7O.ClH.H2O/c1-4-17(13-31)27-23-28-21(20-22(29-23)30(14-25-20)15(2)3)26-18-9-7-8-16(12-18)19-10-5-6-11-24-19;;/h5-12,14-15,17,31H,4,13H2,1-3H3,(H2,26,27,28,29);1H;1H2/t17-;;/m1../s1. The highest BCUT2D eigenvalue weighted by Crippen LogP contribution is 2.28. The summed E-state index contributed by atoms with van der Waals surface area (Å²) in [4.78, 5) is 18.3. The molecule has 5 N–H and O–H groups in total. The molecule has 3 aromatic heterocycles. The van der Waals surface area contributed by atoms with E-state index >= 15 is 0 Å². The Morgan fingerprint density at radius 1 is 1.06 bits per heavy atom. The molecule has 0 saturated heterocycles. The second-order valence-electron chi connectivity index (χ2n) is 7.67. The van der Waals surface area contributed by atoms with Gasteiger partial charge in [-0.3, -0.25) is 4.98 Å². The Bertz CT molecular complexity index is 1160. The van der Waals surface area contributed by atoms with E-state index in [1.54, 1.807) is 12.5 Å². The number of halogens is 1. The van der Waals surface area contributed by atoms with Gasteiger partial charge in [-0.2, -0.15) is 9.97 Å². The van der Waals surface area contributed by atoms with Gasteiger partial charge in [-0.15, -0.1) is 12.4 Å². The molecule has 9 nitrogen and oxygen atoms in total. The first-order chi connectivity index (χ1) is 15.1. The predicted octanol–water partition coefficient (Wildman–Crippen LogP) is 3.99. The molecule has 0 aliphatic carbocycles. The highest BCUT2D eigenvalue weighted by Gasteiger charge is 2.17. The second-order valence-corrected chi connectivity index (χ2v) is 7.67. The molecule has 33 heavy (non-hydrogen) atoms. The molecule has 0 aliphatic heterocycles. The van der Waals surface area contributed by atoms with E-state index in [0.29, 0.717) is 17.3 Å². The fourth-order valence-corrected chi connectivity index (χ4v) is 3.33. The third-order valence-corrected chi connectivity index (χ3v) is 5.11. The number of anilines is 3. The van der Waals surface area contributed by atoms with Crippen molar-refractivity contribution in [3.05, 3.63) is 55.0 Å². The van der Waals surface area contributed by atoms with Gasteiger partial charge in [0, 0.05) is 23.5 Å². The number of benzene rings is 1. The Labute approximate surface area is 199 Å². The number of aliphatic hydroxyl groups excluding tert-OH is 1. The normalized spacial score (nSPS) is 11.5. The SMILES string of the molecule is CC[C@H](CO)Nc1nc(Nc2cccc(-c3ccccn3)c2)c2ncn(C(C)C)c2n1.Cl.O. The molecule has 10 heteroatoms. The van der Waals surface area contributed by atoms with E-state index in [0.717, 1.165) is 29.0 Å². The Morgan fingerprint density at radius 3 is 2.55 bits per heavy atom. The first-order valence-electron chi connectivity index (χ1n) is 10.5. The fourth-order valence-electron chi connectivity index (χ4n) is 3.33. The lowest BCUT2D eigenvalue weighted by Gasteiger charge is -2.16. The average Bonchev–Trinajstić information content (AvgIpc) is 3.23. The topological polar surface area (TPSA) is 132 Å². The van der Waals surface area contributed by atoms with Crippen molar-refractivity contribution in [3.63, 3.8) is 0 Å². The molecule has 0 spiro atoms. The molecule has 4 rings (SSSR count). The van der Waals surface area contributed by atoms with Crippen LogP contribution in [0.3, 0.4) is 0 Å². The summed E-state index contributed by atoms with van der Waals surface area (Å²) >= 11 is 0. The number of hydrogen-bond acceptors (Lipinski definition) is 7. The van der Waals surface area contributed by atoms with Crippen LogP contribution in [0.5, 0.6) is 0 Å². The van der Waals surface area contributed by atoms with Crippen LogP contribution < -0.4 is 10.6 Å². The van der Waals surface area contributed by atoms with Crippen LogP contribution in [0.25, 0.3) is 22.4 Å². The van der Waals surface area contributed by atoms with Gasteiger partial charge in [-0.25, -0.2) is 4.98 Å². The Balaban J connectivity index is 0.00000193. The second kappa shape index (κ2) is 11.6. The number of nitrogens with one attached hydrogen (secondary N) is 2. The lowest BCUT2D eigenvalue weighted by Crippen LogP contribution is -2.24. The van der Waals surface area contributed by atoms with Crippen molar-refractivity contribution in [2.75, 3.05) is 17.2 Å². The highest BCUT2D eigenvalue weighted by atomic mass is 35.5. The van der Waals surface area contributed by atoms with Crippen LogP contribution in [-0.4, -0.2) is 47.7 Å². The molecule has 0 unspecified atom stereocenters. The summed E-state index contributed by atoms with van der Waals surface area (Å²) in [6.07, 6.45) is 4.33. The third kappa shape index (κ3) is 5.75. The lowest BCUT2D eigenvalue weighted by molar-refractivity contribution is 0.271. The van der Waals surface area contributed by atoms with Crippen LogP contribution in [0.1, 0.15) is 33.2 Å². The highest BCUT2D eigenvalue weighted by molar-refractivity contribution is 5.87. The number of aliphatic hydroxyl groups is 1. The van der Waals surface area contributed by atoms with Gasteiger partial charge in [0.15, 0.2) is 17.0 Å². The first kappa shape index (κ1) is 26.0. The summed E-state index contributed by atoms with van der Waals surface area (Å²) < 4.78 is 2.01. The summed E-state index contributed by atoms with van der Waals surface area (Å²) in [6.45, 7) is 6.19. The van der Waals surface area contributed by atoms with E-state index in [4.69, 9.17) is 0 Å². The molecule has 0 saturated carbocycles. The van der Waals surface area contributed by atoms with Crippen molar-refractivity contribution in [1.82, 2.24) is 24.5 Å². The number of fused-ring (bicyclic) bond motifs is 1. The van der Waals surface area contributed by atoms with Crippen LogP contribution in [0.15, 0.2) is 55.0 Å². The third-order valence-electron chi connectivity index (χ3n) is 5.11. The van der Waals surface area contributed by atoms with Crippen molar-refractivity contribution in [1.29, 1.82) is 0 Å². The molecule has 3 heterocycles. The zero-order valence-electron chi connectivity index (χ0n) is 18.9. The minimum absolute atomic E-state index is 0. The molecule has 1 atom stereocenters. The van der Waals surface area contributed by atoms with E-state index in [1.165, 1.54) is 0 Å². The summed E-state index contributed by atoms with van der Waals surface area (Å²) in [6, 6.07) is 14.0. The summed E-state index contributed by atoms with van der Waals surface area (Å²) in [5, 5.41) is 16.2. The number of pyridine rings is 1. The maximum absolute atomic E-state index is 9.59.